The van der Waals surface area contributed by atoms with Crippen LogP contribution < -0.4 is 10.6 Å². The molecule has 2 unspecified atom stereocenters. The molecule has 0 spiro atoms. The van der Waals surface area contributed by atoms with E-state index in [2.05, 4.69) is 10.6 Å². The van der Waals surface area contributed by atoms with Crippen molar-refractivity contribution < 1.29 is 24.5 Å². The molecule has 0 bridgehead atoms. The average Bonchev–Trinajstić information content (AvgIpc) is 2.30. The third-order valence-electron chi connectivity index (χ3n) is 3.51. The number of rotatable bonds is 5. The first-order valence-corrected chi connectivity index (χ1v) is 5.77. The first-order chi connectivity index (χ1) is 8.28. The second-order valence-corrected chi connectivity index (χ2v) is 5.04. The number of hydrogen-bond donors (Lipinski definition) is 4. The van der Waals surface area contributed by atoms with E-state index >= 15 is 0 Å². The van der Waals surface area contributed by atoms with Gasteiger partial charge in [-0.2, -0.15) is 0 Å². The largest absolute Gasteiger partial charge is 0.479 e. The number of aliphatic hydroxyl groups is 1. The summed E-state index contributed by atoms with van der Waals surface area (Å²) in [6.07, 6.45) is -0.762. The van der Waals surface area contributed by atoms with Gasteiger partial charge in [0, 0.05) is 18.6 Å². The third kappa shape index (κ3) is 3.11. The summed E-state index contributed by atoms with van der Waals surface area (Å²) < 4.78 is 5.25. The van der Waals surface area contributed by atoms with E-state index < -0.39 is 18.1 Å². The van der Waals surface area contributed by atoms with Crippen molar-refractivity contribution in [1.82, 2.24) is 10.6 Å². The normalized spacial score (nSPS) is 26.9. The summed E-state index contributed by atoms with van der Waals surface area (Å²) in [7, 11) is 1.63. The smallest absolute Gasteiger partial charge is 0.334 e. The van der Waals surface area contributed by atoms with Crippen LogP contribution >= 0.6 is 0 Å². The van der Waals surface area contributed by atoms with Gasteiger partial charge in [0.2, 0.25) is 0 Å². The van der Waals surface area contributed by atoms with E-state index in [4.69, 9.17) is 14.9 Å². The zero-order chi connectivity index (χ0) is 13.9. The van der Waals surface area contributed by atoms with Crippen LogP contribution in [0.2, 0.25) is 0 Å². The molecule has 4 N–H and O–H groups in total. The number of carboxylic acids is 1. The van der Waals surface area contributed by atoms with E-state index in [9.17, 15) is 9.59 Å². The standard InChI is InChI=1S/C11H20N2O5/c1-11(2)7(4-8(11)18-3)13-10(17)12-5-6(14)9(15)16/h6-8,14H,4-5H2,1-3H3,(H,15,16)(H2,12,13,17)/t6-,7?,8?/m0/s1. The first-order valence-electron chi connectivity index (χ1n) is 5.77. The first kappa shape index (κ1) is 14.7. The molecule has 1 aliphatic rings. The number of nitrogens with one attached hydrogen (secondary N) is 2. The summed E-state index contributed by atoms with van der Waals surface area (Å²) in [5.74, 6) is -1.36. The molecule has 18 heavy (non-hydrogen) atoms. The molecule has 0 saturated heterocycles. The number of ether oxygens (including phenoxy) is 1. The lowest BCUT2D eigenvalue weighted by Gasteiger charge is -2.51. The molecular weight excluding hydrogens is 240 g/mol. The minimum absolute atomic E-state index is 0.0237. The maximum absolute atomic E-state index is 11.5. The predicted molar refractivity (Wildman–Crippen MR) is 63.2 cm³/mol. The Morgan fingerprint density at radius 2 is 2.11 bits per heavy atom. The van der Waals surface area contributed by atoms with Crippen LogP contribution in [0, 0.1) is 5.41 Å². The summed E-state index contributed by atoms with van der Waals surface area (Å²) in [6.45, 7) is 3.66. The van der Waals surface area contributed by atoms with Gasteiger partial charge in [-0.15, -0.1) is 0 Å². The molecule has 3 atom stereocenters. The molecular formula is C11H20N2O5. The van der Waals surface area contributed by atoms with Crippen LogP contribution in [0.5, 0.6) is 0 Å². The van der Waals surface area contributed by atoms with Crippen LogP contribution in [0.4, 0.5) is 4.79 Å². The van der Waals surface area contributed by atoms with Gasteiger partial charge in [0.1, 0.15) is 0 Å². The fourth-order valence-electron chi connectivity index (χ4n) is 2.02. The van der Waals surface area contributed by atoms with Crippen molar-refractivity contribution in [1.29, 1.82) is 0 Å². The second kappa shape index (κ2) is 5.53. The minimum Gasteiger partial charge on any atom is -0.479 e. The van der Waals surface area contributed by atoms with Crippen LogP contribution in [0.15, 0.2) is 0 Å². The summed E-state index contributed by atoms with van der Waals surface area (Å²) >= 11 is 0. The van der Waals surface area contributed by atoms with E-state index in [0.29, 0.717) is 0 Å². The summed E-state index contributed by atoms with van der Waals surface area (Å²) in [5.41, 5.74) is -0.155. The Hall–Kier alpha value is -1.34. The van der Waals surface area contributed by atoms with Gasteiger partial charge in [-0.1, -0.05) is 13.8 Å². The van der Waals surface area contributed by atoms with Crippen molar-refractivity contribution in [3.05, 3.63) is 0 Å². The maximum atomic E-state index is 11.5. The number of urea groups is 1. The van der Waals surface area contributed by atoms with Crippen LogP contribution in [0.25, 0.3) is 0 Å². The number of methoxy groups -OCH3 is 1. The minimum atomic E-state index is -1.59. The highest BCUT2D eigenvalue weighted by Crippen LogP contribution is 2.42. The van der Waals surface area contributed by atoms with Gasteiger partial charge in [-0.05, 0) is 6.42 Å². The number of carbonyl (C=O) groups excluding carboxylic acids is 1. The Morgan fingerprint density at radius 1 is 1.50 bits per heavy atom. The fraction of sp³-hybridized carbons (Fsp3) is 0.818. The number of carbonyl (C=O) groups is 2. The van der Waals surface area contributed by atoms with Crippen molar-refractivity contribution in [2.24, 2.45) is 5.41 Å². The van der Waals surface area contributed by atoms with E-state index in [1.54, 1.807) is 7.11 Å². The van der Waals surface area contributed by atoms with Crippen molar-refractivity contribution >= 4 is 12.0 Å². The third-order valence-corrected chi connectivity index (χ3v) is 3.51. The molecule has 7 heteroatoms. The topological polar surface area (TPSA) is 108 Å². The van der Waals surface area contributed by atoms with Crippen LogP contribution in [0.1, 0.15) is 20.3 Å². The zero-order valence-corrected chi connectivity index (χ0v) is 10.8. The zero-order valence-electron chi connectivity index (χ0n) is 10.8. The van der Waals surface area contributed by atoms with Crippen molar-refractivity contribution in [2.45, 2.75) is 38.5 Å². The summed E-state index contributed by atoms with van der Waals surface area (Å²) in [5, 5.41) is 22.5. The Labute approximate surface area is 106 Å². The lowest BCUT2D eigenvalue weighted by atomic mass is 9.64. The molecule has 0 aliphatic heterocycles. The predicted octanol–water partition coefficient (Wildman–Crippen LogP) is -0.455. The van der Waals surface area contributed by atoms with Gasteiger partial charge in [0.15, 0.2) is 6.10 Å². The van der Waals surface area contributed by atoms with Crippen molar-refractivity contribution in [2.75, 3.05) is 13.7 Å². The number of amides is 2. The van der Waals surface area contributed by atoms with Gasteiger partial charge in [0.05, 0.1) is 12.6 Å². The Balaban J connectivity index is 2.32. The summed E-state index contributed by atoms with van der Waals surface area (Å²) in [4.78, 5) is 21.8. The molecule has 1 rings (SSSR count). The molecule has 0 radical (unpaired) electrons. The monoisotopic (exact) mass is 260 g/mol. The molecule has 0 heterocycles. The van der Waals surface area contributed by atoms with Gasteiger partial charge >= 0.3 is 12.0 Å². The molecule has 7 nitrogen and oxygen atoms in total. The van der Waals surface area contributed by atoms with Crippen molar-refractivity contribution in [3.8, 4) is 0 Å². The van der Waals surface area contributed by atoms with Crippen molar-refractivity contribution in [3.63, 3.8) is 0 Å². The van der Waals surface area contributed by atoms with E-state index in [1.807, 2.05) is 13.8 Å². The number of aliphatic hydroxyl groups excluding tert-OH is 1. The molecule has 1 aliphatic carbocycles. The maximum Gasteiger partial charge on any atom is 0.334 e. The lowest BCUT2D eigenvalue weighted by Crippen LogP contribution is -2.63. The van der Waals surface area contributed by atoms with E-state index in [-0.39, 0.29) is 24.1 Å². The highest BCUT2D eigenvalue weighted by Gasteiger charge is 2.49. The van der Waals surface area contributed by atoms with E-state index in [1.165, 1.54) is 0 Å². The quantitative estimate of drug-likeness (QED) is 0.535. The Kier molecular flexibility index (Phi) is 4.53. The Bertz CT molecular complexity index is 331. The molecule has 2 amide bonds. The highest BCUT2D eigenvalue weighted by molar-refractivity contribution is 5.77. The van der Waals surface area contributed by atoms with Crippen LogP contribution in [-0.2, 0) is 9.53 Å². The highest BCUT2D eigenvalue weighted by atomic mass is 16.5. The molecule has 1 saturated carbocycles. The fourth-order valence-corrected chi connectivity index (χ4v) is 2.02. The van der Waals surface area contributed by atoms with Crippen LogP contribution in [-0.4, -0.2) is 54.1 Å². The molecule has 104 valence electrons. The number of hydrogen-bond acceptors (Lipinski definition) is 4. The van der Waals surface area contributed by atoms with Gasteiger partial charge in [-0.25, -0.2) is 9.59 Å². The van der Waals surface area contributed by atoms with Gasteiger partial charge in [-0.3, -0.25) is 0 Å². The van der Waals surface area contributed by atoms with E-state index in [0.717, 1.165) is 6.42 Å². The average molecular weight is 260 g/mol. The SMILES string of the molecule is COC1CC(NC(=O)NC[C@H](O)C(=O)O)C1(C)C. The molecule has 0 aromatic rings. The Morgan fingerprint density at radius 3 is 2.56 bits per heavy atom. The van der Waals surface area contributed by atoms with Gasteiger partial charge in [0.25, 0.3) is 0 Å². The number of aliphatic carboxylic acids is 1. The summed E-state index contributed by atoms with van der Waals surface area (Å²) in [6, 6.07) is -0.507. The lowest BCUT2D eigenvalue weighted by molar-refractivity contribution is -0.146. The molecule has 0 aromatic carbocycles. The van der Waals surface area contributed by atoms with Gasteiger partial charge < -0.3 is 25.6 Å². The van der Waals surface area contributed by atoms with Crippen LogP contribution in [0.3, 0.4) is 0 Å². The second-order valence-electron chi connectivity index (χ2n) is 5.04. The molecule has 0 aromatic heterocycles. The molecule has 1 fully saturated rings. The number of carboxylic acid groups (broad SMARTS) is 1.